The Bertz CT molecular complexity index is 1040. The van der Waals surface area contributed by atoms with Gasteiger partial charge in [-0.05, 0) is 44.7 Å². The summed E-state index contributed by atoms with van der Waals surface area (Å²) in [5, 5.41) is 8.49. The molecular formula is C19H24N6O2S. The van der Waals surface area contributed by atoms with Crippen molar-refractivity contribution in [1.29, 1.82) is 0 Å². The van der Waals surface area contributed by atoms with E-state index in [1.807, 2.05) is 6.92 Å². The lowest BCUT2D eigenvalue weighted by atomic mass is 10.2. The van der Waals surface area contributed by atoms with Gasteiger partial charge in [0.05, 0.1) is 18.6 Å². The first-order chi connectivity index (χ1) is 13.7. The third-order valence-corrected chi connectivity index (χ3v) is 6.73. The van der Waals surface area contributed by atoms with Gasteiger partial charge in [-0.3, -0.25) is 9.69 Å². The van der Waals surface area contributed by atoms with Crippen molar-refractivity contribution in [1.82, 2.24) is 29.8 Å². The number of aryl methyl sites for hydroxylation is 3. The van der Waals surface area contributed by atoms with Crippen LogP contribution in [-0.4, -0.2) is 69.8 Å². The molecule has 1 aliphatic heterocycles. The van der Waals surface area contributed by atoms with Crippen LogP contribution in [0.3, 0.4) is 0 Å². The van der Waals surface area contributed by atoms with Crippen LogP contribution in [0.1, 0.15) is 39.7 Å². The van der Waals surface area contributed by atoms with Gasteiger partial charge in [-0.2, -0.15) is 4.52 Å². The van der Waals surface area contributed by atoms with E-state index < -0.39 is 0 Å². The molecule has 3 aromatic heterocycles. The largest absolute Gasteiger partial charge is 0.379 e. The molecule has 4 heterocycles. The van der Waals surface area contributed by atoms with Gasteiger partial charge in [0.1, 0.15) is 10.7 Å². The van der Waals surface area contributed by atoms with Crippen LogP contribution in [0.25, 0.3) is 15.9 Å². The van der Waals surface area contributed by atoms with Gasteiger partial charge in [0.25, 0.3) is 5.91 Å². The maximum absolute atomic E-state index is 12.6. The third-order valence-electron chi connectivity index (χ3n) is 5.55. The van der Waals surface area contributed by atoms with Gasteiger partial charge in [0, 0.05) is 24.5 Å². The van der Waals surface area contributed by atoms with E-state index in [2.05, 4.69) is 20.3 Å². The lowest BCUT2D eigenvalue weighted by Gasteiger charge is -2.26. The summed E-state index contributed by atoms with van der Waals surface area (Å²) in [4.78, 5) is 26.7. The number of carbonyl (C=O) groups is 1. The summed E-state index contributed by atoms with van der Waals surface area (Å²) in [6.45, 7) is 7.02. The Morgan fingerprint density at radius 1 is 1.25 bits per heavy atom. The average molecular weight is 401 g/mol. The van der Waals surface area contributed by atoms with Gasteiger partial charge in [-0.25, -0.2) is 9.97 Å². The monoisotopic (exact) mass is 400 g/mol. The Hall–Kier alpha value is -2.10. The minimum Gasteiger partial charge on any atom is -0.379 e. The fraction of sp³-hybridized carbons (Fsp3) is 0.579. The number of rotatable bonds is 5. The van der Waals surface area contributed by atoms with E-state index in [4.69, 9.17) is 9.72 Å². The van der Waals surface area contributed by atoms with Crippen molar-refractivity contribution in [2.24, 2.45) is 0 Å². The number of amides is 1. The quantitative estimate of drug-likeness (QED) is 0.655. The molecule has 3 aromatic rings. The molecule has 0 unspecified atom stereocenters. The number of hydrogen-bond donors (Lipinski definition) is 1. The summed E-state index contributed by atoms with van der Waals surface area (Å²) in [6.07, 6.45) is 4.27. The molecule has 2 aliphatic rings. The summed E-state index contributed by atoms with van der Waals surface area (Å²) in [5.74, 6) is 0.771. The molecule has 1 saturated heterocycles. The molecule has 9 heteroatoms. The second-order valence-electron chi connectivity index (χ2n) is 7.43. The smallest absolute Gasteiger partial charge is 0.290 e. The van der Waals surface area contributed by atoms with Crippen molar-refractivity contribution in [2.75, 3.05) is 39.4 Å². The van der Waals surface area contributed by atoms with Crippen molar-refractivity contribution >= 4 is 33.1 Å². The Kier molecular flexibility index (Phi) is 4.73. The van der Waals surface area contributed by atoms with E-state index in [1.165, 1.54) is 16.9 Å². The molecule has 0 saturated carbocycles. The number of nitrogens with one attached hydrogen (secondary N) is 1. The number of carbonyl (C=O) groups excluding carboxylic acids is 1. The first kappa shape index (κ1) is 18.0. The van der Waals surface area contributed by atoms with Crippen LogP contribution in [-0.2, 0) is 17.6 Å². The molecule has 8 nitrogen and oxygen atoms in total. The van der Waals surface area contributed by atoms with Gasteiger partial charge in [0.2, 0.25) is 5.82 Å². The second kappa shape index (κ2) is 7.38. The number of fused-ring (bicyclic) bond motifs is 5. The average Bonchev–Trinajstić information content (AvgIpc) is 3.40. The van der Waals surface area contributed by atoms with Crippen LogP contribution >= 0.6 is 11.3 Å². The van der Waals surface area contributed by atoms with E-state index in [9.17, 15) is 4.79 Å². The van der Waals surface area contributed by atoms with E-state index in [1.54, 1.807) is 15.9 Å². The van der Waals surface area contributed by atoms with E-state index in [-0.39, 0.29) is 11.7 Å². The Labute approximate surface area is 166 Å². The minimum atomic E-state index is -0.217. The SMILES string of the molecule is Cc1nc2sc3c(c2c2nc(C(=O)NCCCN4CCOCC4)nn12)CCC3. The highest BCUT2D eigenvalue weighted by atomic mass is 32.1. The van der Waals surface area contributed by atoms with Gasteiger partial charge in [-0.15, -0.1) is 16.4 Å². The lowest BCUT2D eigenvalue weighted by Crippen LogP contribution is -2.38. The Morgan fingerprint density at radius 3 is 2.96 bits per heavy atom. The molecule has 0 aromatic carbocycles. The Balaban J connectivity index is 1.32. The highest BCUT2D eigenvalue weighted by Crippen LogP contribution is 2.38. The van der Waals surface area contributed by atoms with Crippen molar-refractivity contribution in [2.45, 2.75) is 32.6 Å². The van der Waals surface area contributed by atoms with Crippen molar-refractivity contribution in [3.8, 4) is 0 Å². The first-order valence-corrected chi connectivity index (χ1v) is 10.8. The number of hydrogen-bond acceptors (Lipinski definition) is 7. The zero-order chi connectivity index (χ0) is 19.1. The molecule has 0 bridgehead atoms. The zero-order valence-corrected chi connectivity index (χ0v) is 16.8. The summed E-state index contributed by atoms with van der Waals surface area (Å²) in [6, 6.07) is 0. The summed E-state index contributed by atoms with van der Waals surface area (Å²) in [5.41, 5.74) is 2.11. The zero-order valence-electron chi connectivity index (χ0n) is 16.0. The van der Waals surface area contributed by atoms with Crippen LogP contribution in [0.15, 0.2) is 0 Å². The molecule has 5 rings (SSSR count). The standard InChI is InChI=1S/C19H24N6O2S/c1-12-21-19-15(13-4-2-5-14(13)28-19)17-22-16(23-25(12)17)18(26)20-6-3-7-24-8-10-27-11-9-24/h2-11H2,1H3,(H,20,26). The van der Waals surface area contributed by atoms with E-state index in [0.29, 0.717) is 6.54 Å². The van der Waals surface area contributed by atoms with Gasteiger partial charge >= 0.3 is 0 Å². The second-order valence-corrected chi connectivity index (χ2v) is 8.51. The molecule has 1 N–H and O–H groups in total. The van der Waals surface area contributed by atoms with Crippen LogP contribution in [0.4, 0.5) is 0 Å². The predicted octanol–water partition coefficient (Wildman–Crippen LogP) is 1.59. The number of nitrogens with zero attached hydrogens (tertiary/aromatic N) is 5. The summed E-state index contributed by atoms with van der Waals surface area (Å²) < 4.78 is 7.08. The molecular weight excluding hydrogens is 376 g/mol. The number of morpholine rings is 1. The molecule has 1 fully saturated rings. The maximum atomic E-state index is 12.6. The fourth-order valence-electron chi connectivity index (χ4n) is 4.10. The van der Waals surface area contributed by atoms with Crippen molar-refractivity contribution in [3.05, 3.63) is 22.1 Å². The van der Waals surface area contributed by atoms with Gasteiger partial charge < -0.3 is 10.1 Å². The molecule has 148 valence electrons. The predicted molar refractivity (Wildman–Crippen MR) is 107 cm³/mol. The molecule has 0 atom stereocenters. The summed E-state index contributed by atoms with van der Waals surface area (Å²) >= 11 is 1.76. The highest BCUT2D eigenvalue weighted by Gasteiger charge is 2.24. The lowest BCUT2D eigenvalue weighted by molar-refractivity contribution is 0.0374. The number of thiophene rings is 1. The van der Waals surface area contributed by atoms with Crippen LogP contribution < -0.4 is 5.32 Å². The fourth-order valence-corrected chi connectivity index (χ4v) is 5.40. The van der Waals surface area contributed by atoms with Crippen molar-refractivity contribution in [3.63, 3.8) is 0 Å². The normalized spacial score (nSPS) is 17.5. The van der Waals surface area contributed by atoms with Crippen LogP contribution in [0.2, 0.25) is 0 Å². The highest BCUT2D eigenvalue weighted by molar-refractivity contribution is 7.19. The van der Waals surface area contributed by atoms with Gasteiger partial charge in [-0.1, -0.05) is 0 Å². The molecule has 0 spiro atoms. The molecule has 0 radical (unpaired) electrons. The first-order valence-electron chi connectivity index (χ1n) is 9.96. The maximum Gasteiger partial charge on any atom is 0.290 e. The van der Waals surface area contributed by atoms with Crippen LogP contribution in [0, 0.1) is 6.92 Å². The summed E-state index contributed by atoms with van der Waals surface area (Å²) in [7, 11) is 0. The molecule has 1 amide bonds. The third kappa shape index (κ3) is 3.17. The van der Waals surface area contributed by atoms with Crippen molar-refractivity contribution < 1.29 is 9.53 Å². The minimum absolute atomic E-state index is 0.217. The van der Waals surface area contributed by atoms with Crippen LogP contribution in [0.5, 0.6) is 0 Å². The number of ether oxygens (including phenoxy) is 1. The molecule has 1 aliphatic carbocycles. The number of aromatic nitrogens is 4. The molecule has 28 heavy (non-hydrogen) atoms. The van der Waals surface area contributed by atoms with E-state index in [0.717, 1.165) is 73.8 Å². The Morgan fingerprint density at radius 2 is 2.11 bits per heavy atom. The van der Waals surface area contributed by atoms with Gasteiger partial charge in [0.15, 0.2) is 5.65 Å². The topological polar surface area (TPSA) is 84.7 Å². The van der Waals surface area contributed by atoms with E-state index >= 15 is 0 Å².